The predicted octanol–water partition coefficient (Wildman–Crippen LogP) is 5.80. The van der Waals surface area contributed by atoms with E-state index in [9.17, 15) is 19.1 Å². The molecule has 1 unspecified atom stereocenters. The van der Waals surface area contributed by atoms with E-state index in [2.05, 4.69) is 4.98 Å². The molecule has 8 heteroatoms. The number of nitrogens with zero attached hydrogens (tertiary/aromatic N) is 2. The summed E-state index contributed by atoms with van der Waals surface area (Å²) in [5, 5.41) is 13.1. The fourth-order valence-corrected chi connectivity index (χ4v) is 4.82. The van der Waals surface area contributed by atoms with Crippen LogP contribution in [-0.2, 0) is 16.2 Å². The van der Waals surface area contributed by atoms with E-state index in [4.69, 9.17) is 4.74 Å². The van der Waals surface area contributed by atoms with Gasteiger partial charge in [0.1, 0.15) is 30.0 Å². The van der Waals surface area contributed by atoms with Crippen LogP contribution in [0.4, 0.5) is 9.52 Å². The molecule has 3 aromatic carbocycles. The van der Waals surface area contributed by atoms with Gasteiger partial charge in [-0.3, -0.25) is 14.5 Å². The second-order valence-corrected chi connectivity index (χ2v) is 9.12. The Morgan fingerprint density at radius 1 is 1.06 bits per heavy atom. The largest absolute Gasteiger partial charge is 0.507 e. The Morgan fingerprint density at radius 3 is 2.47 bits per heavy atom. The molecule has 2 heterocycles. The van der Waals surface area contributed by atoms with Gasteiger partial charge in [-0.1, -0.05) is 42.5 Å². The lowest BCUT2D eigenvalue weighted by Gasteiger charge is -2.23. The van der Waals surface area contributed by atoms with Gasteiger partial charge >= 0.3 is 5.91 Å². The highest BCUT2D eigenvalue weighted by Crippen LogP contribution is 2.43. The molecule has 1 fully saturated rings. The number of carbonyl (C=O) groups is 2. The van der Waals surface area contributed by atoms with Crippen LogP contribution < -0.4 is 9.64 Å². The zero-order valence-electron chi connectivity index (χ0n) is 19.2. The van der Waals surface area contributed by atoms with E-state index in [1.165, 1.54) is 24.4 Å². The quantitative estimate of drug-likeness (QED) is 0.206. The Hall–Kier alpha value is -4.30. The van der Waals surface area contributed by atoms with Gasteiger partial charge in [-0.05, 0) is 48.4 Å². The van der Waals surface area contributed by atoms with Crippen molar-refractivity contribution in [1.82, 2.24) is 4.98 Å². The van der Waals surface area contributed by atoms with Crippen molar-refractivity contribution in [3.8, 4) is 5.75 Å². The van der Waals surface area contributed by atoms with E-state index in [1.807, 2.05) is 31.2 Å². The van der Waals surface area contributed by atoms with Crippen LogP contribution in [0.1, 0.15) is 28.3 Å². The zero-order chi connectivity index (χ0) is 25.2. The normalized spacial score (nSPS) is 16.9. The van der Waals surface area contributed by atoms with E-state index in [-0.39, 0.29) is 16.3 Å². The van der Waals surface area contributed by atoms with Gasteiger partial charge in [-0.15, -0.1) is 11.3 Å². The number of anilines is 1. The highest BCUT2D eigenvalue weighted by molar-refractivity contribution is 7.14. The summed E-state index contributed by atoms with van der Waals surface area (Å²) in [7, 11) is 0. The van der Waals surface area contributed by atoms with Gasteiger partial charge in [-0.25, -0.2) is 9.37 Å². The first-order valence-corrected chi connectivity index (χ1v) is 12.1. The first-order chi connectivity index (χ1) is 17.5. The third-order valence-corrected chi connectivity index (χ3v) is 6.82. The van der Waals surface area contributed by atoms with Gasteiger partial charge < -0.3 is 9.84 Å². The highest BCUT2D eigenvalue weighted by atomic mass is 32.1. The van der Waals surface area contributed by atoms with Crippen molar-refractivity contribution in [2.45, 2.75) is 19.6 Å². The Morgan fingerprint density at radius 2 is 1.78 bits per heavy atom. The van der Waals surface area contributed by atoms with Gasteiger partial charge in [0.15, 0.2) is 5.13 Å². The fraction of sp³-hybridized carbons (Fsp3) is 0.107. The molecule has 36 heavy (non-hydrogen) atoms. The second-order valence-electron chi connectivity index (χ2n) is 8.24. The third-order valence-electron chi connectivity index (χ3n) is 6.05. The van der Waals surface area contributed by atoms with Gasteiger partial charge in [-0.2, -0.15) is 0 Å². The topological polar surface area (TPSA) is 79.7 Å². The number of benzene rings is 3. The number of Topliss-reactive ketones (excluding diaryl/α,β-unsaturated/α-hetero) is 1. The maximum Gasteiger partial charge on any atom is 0.301 e. The molecular formula is C28H21FN2O4S. The molecule has 0 spiro atoms. The Balaban J connectivity index is 1.51. The number of hydrogen-bond donors (Lipinski definition) is 1. The molecule has 1 aliphatic rings. The lowest BCUT2D eigenvalue weighted by Crippen LogP contribution is -2.29. The summed E-state index contributed by atoms with van der Waals surface area (Å²) >= 11 is 1.14. The number of aliphatic hydroxyl groups excluding tert-OH is 1. The number of rotatable bonds is 6. The minimum absolute atomic E-state index is 0.0895. The van der Waals surface area contributed by atoms with Crippen LogP contribution >= 0.6 is 11.3 Å². The van der Waals surface area contributed by atoms with Gasteiger partial charge in [0.2, 0.25) is 0 Å². The molecule has 1 aliphatic heterocycles. The maximum absolute atomic E-state index is 14.9. The number of amides is 1. The molecule has 180 valence electrons. The molecule has 0 bridgehead atoms. The average molecular weight is 501 g/mol. The number of aromatic nitrogens is 1. The standard InChI is InChI=1S/C28H21FN2O4S/c1-17-6-2-3-7-19(17)16-35-20-12-10-18(11-13-20)25(32)23-24(21-8-4-5-9-22(21)29)31(27(34)26(23)33)28-30-14-15-36-28/h2-15,24,32H,16H2,1H3/b25-23+. The molecule has 5 rings (SSSR count). The summed E-state index contributed by atoms with van der Waals surface area (Å²) in [6.07, 6.45) is 1.49. The number of ketones is 1. The lowest BCUT2D eigenvalue weighted by molar-refractivity contribution is -0.132. The summed E-state index contributed by atoms with van der Waals surface area (Å²) < 4.78 is 20.7. The minimum atomic E-state index is -1.16. The van der Waals surface area contributed by atoms with Crippen molar-refractivity contribution in [3.63, 3.8) is 0 Å². The number of aryl methyl sites for hydroxylation is 1. The first-order valence-electron chi connectivity index (χ1n) is 11.2. The van der Waals surface area contributed by atoms with Crippen molar-refractivity contribution in [1.29, 1.82) is 0 Å². The van der Waals surface area contributed by atoms with Crippen LogP contribution in [-0.4, -0.2) is 21.8 Å². The van der Waals surface area contributed by atoms with E-state index < -0.39 is 29.3 Å². The number of aliphatic hydroxyl groups is 1. The van der Waals surface area contributed by atoms with E-state index in [0.29, 0.717) is 17.9 Å². The number of hydrogen-bond acceptors (Lipinski definition) is 6. The highest BCUT2D eigenvalue weighted by Gasteiger charge is 2.48. The molecule has 1 saturated heterocycles. The van der Waals surface area contributed by atoms with Crippen LogP contribution in [0.15, 0.2) is 89.9 Å². The van der Waals surface area contributed by atoms with Crippen molar-refractivity contribution in [2.75, 3.05) is 4.90 Å². The van der Waals surface area contributed by atoms with Crippen LogP contribution in [0.25, 0.3) is 5.76 Å². The Labute approximate surface area is 210 Å². The molecule has 0 saturated carbocycles. The number of thiazole rings is 1. The summed E-state index contributed by atoms with van der Waals surface area (Å²) in [6.45, 7) is 2.39. The lowest BCUT2D eigenvalue weighted by atomic mass is 9.95. The van der Waals surface area contributed by atoms with E-state index in [1.54, 1.807) is 35.7 Å². The van der Waals surface area contributed by atoms with Crippen LogP contribution in [0, 0.1) is 12.7 Å². The zero-order valence-corrected chi connectivity index (χ0v) is 20.0. The maximum atomic E-state index is 14.9. The van der Waals surface area contributed by atoms with E-state index in [0.717, 1.165) is 27.4 Å². The molecule has 1 N–H and O–H groups in total. The van der Waals surface area contributed by atoms with Gasteiger partial charge in [0, 0.05) is 22.7 Å². The summed E-state index contributed by atoms with van der Waals surface area (Å²) in [5.41, 5.74) is 2.36. The Bertz CT molecular complexity index is 1470. The van der Waals surface area contributed by atoms with Crippen LogP contribution in [0.5, 0.6) is 5.75 Å². The average Bonchev–Trinajstić information content (AvgIpc) is 3.50. The molecule has 1 aromatic heterocycles. The summed E-state index contributed by atoms with van der Waals surface area (Å²) in [4.78, 5) is 31.4. The third kappa shape index (κ3) is 4.27. The smallest absolute Gasteiger partial charge is 0.301 e. The molecule has 4 aromatic rings. The minimum Gasteiger partial charge on any atom is -0.507 e. The predicted molar refractivity (Wildman–Crippen MR) is 135 cm³/mol. The van der Waals surface area contributed by atoms with Crippen LogP contribution in [0.3, 0.4) is 0 Å². The second kappa shape index (κ2) is 9.75. The van der Waals surface area contributed by atoms with Crippen molar-refractivity contribution >= 4 is 33.9 Å². The fourth-order valence-electron chi connectivity index (χ4n) is 4.15. The summed E-state index contributed by atoms with van der Waals surface area (Å²) in [6, 6.07) is 19.1. The molecular weight excluding hydrogens is 479 g/mol. The number of ether oxygens (including phenoxy) is 1. The van der Waals surface area contributed by atoms with Crippen molar-refractivity contribution < 1.29 is 23.8 Å². The van der Waals surface area contributed by atoms with E-state index >= 15 is 0 Å². The monoisotopic (exact) mass is 500 g/mol. The summed E-state index contributed by atoms with van der Waals surface area (Å²) in [5.74, 6) is -2.21. The van der Waals surface area contributed by atoms with Gasteiger partial charge in [0.25, 0.3) is 5.78 Å². The van der Waals surface area contributed by atoms with Crippen molar-refractivity contribution in [3.05, 3.63) is 118 Å². The van der Waals surface area contributed by atoms with Gasteiger partial charge in [0.05, 0.1) is 5.57 Å². The number of halogens is 1. The SMILES string of the molecule is Cc1ccccc1COc1ccc(/C(O)=C2\C(=O)C(=O)N(c3nccs3)C2c2ccccc2F)cc1. The van der Waals surface area contributed by atoms with Crippen molar-refractivity contribution in [2.24, 2.45) is 0 Å². The molecule has 1 atom stereocenters. The first kappa shape index (κ1) is 23.4. The molecule has 1 amide bonds. The molecule has 0 aliphatic carbocycles. The van der Waals surface area contributed by atoms with Crippen LogP contribution in [0.2, 0.25) is 0 Å². The Kier molecular flexibility index (Phi) is 6.35. The molecule has 6 nitrogen and oxygen atoms in total. The number of carbonyl (C=O) groups excluding carboxylic acids is 2. The molecule has 0 radical (unpaired) electrons.